The predicted octanol–water partition coefficient (Wildman–Crippen LogP) is 8.15. The first-order valence-corrected chi connectivity index (χ1v) is 14.0. The summed E-state index contributed by atoms with van der Waals surface area (Å²) in [7, 11) is -0.316. The van der Waals surface area contributed by atoms with Gasteiger partial charge in [0, 0.05) is 12.0 Å². The van der Waals surface area contributed by atoms with Gasteiger partial charge in [-0.25, -0.2) is 4.39 Å². The normalized spacial score (nSPS) is 27.8. The van der Waals surface area contributed by atoms with E-state index in [9.17, 15) is 0 Å². The van der Waals surface area contributed by atoms with E-state index < -0.39 is 0 Å². The van der Waals surface area contributed by atoms with Crippen molar-refractivity contribution in [2.45, 2.75) is 66.2 Å². The molecule has 3 heteroatoms. The molecule has 0 N–H and O–H groups in total. The molecule has 7 rings (SSSR count). The Balaban J connectivity index is 1.33. The van der Waals surface area contributed by atoms with Crippen molar-refractivity contribution in [2.75, 3.05) is 0 Å². The molecule has 0 atom stereocenters. The van der Waals surface area contributed by atoms with Gasteiger partial charge in [-0.1, -0.05) is 36.4 Å². The van der Waals surface area contributed by atoms with Crippen LogP contribution in [0.4, 0.5) is 4.39 Å². The molecule has 0 aromatic heterocycles. The van der Waals surface area contributed by atoms with Crippen molar-refractivity contribution in [3.05, 3.63) is 84.7 Å². The minimum Gasteiger partial charge on any atom is -0.484 e. The van der Waals surface area contributed by atoms with Crippen LogP contribution in [-0.4, -0.2) is 5.60 Å². The van der Waals surface area contributed by atoms with Crippen LogP contribution >= 0.6 is 0 Å². The van der Waals surface area contributed by atoms with Crippen molar-refractivity contribution in [1.29, 1.82) is 0 Å². The Morgan fingerprint density at radius 2 is 1.24 bits per heavy atom. The molecule has 0 spiro atoms. The summed E-state index contributed by atoms with van der Waals surface area (Å²) in [5.41, 5.74) is -0.375. The van der Waals surface area contributed by atoms with Crippen LogP contribution < -0.4 is 4.74 Å². The zero-order valence-corrected chi connectivity index (χ0v) is 20.9. The van der Waals surface area contributed by atoms with Gasteiger partial charge < -0.3 is 4.74 Å². The number of hydrogen-bond acceptors (Lipinski definition) is 1. The molecule has 0 unspecified atom stereocenters. The summed E-state index contributed by atoms with van der Waals surface area (Å²) in [5.74, 6) is 3.99. The zero-order valence-electron chi connectivity index (χ0n) is 20.1. The Labute approximate surface area is 206 Å². The Morgan fingerprint density at radius 3 is 1.76 bits per heavy atom. The first kappa shape index (κ1) is 22.2. The fourth-order valence-corrected chi connectivity index (χ4v) is 9.73. The number of benzene rings is 3. The molecule has 3 aromatic carbocycles. The number of halogens is 1. The van der Waals surface area contributed by atoms with Gasteiger partial charge in [0.25, 0.3) is 0 Å². The van der Waals surface area contributed by atoms with Crippen LogP contribution in [0.25, 0.3) is 0 Å². The van der Waals surface area contributed by atoms with Gasteiger partial charge in [0.2, 0.25) is 0 Å². The maximum atomic E-state index is 15.2. The fourth-order valence-electron chi connectivity index (χ4n) is 7.62. The number of rotatable bonds is 6. The van der Waals surface area contributed by atoms with Crippen LogP contribution in [0.1, 0.15) is 46.0 Å². The molecule has 176 valence electrons. The summed E-state index contributed by atoms with van der Waals surface area (Å²) in [4.78, 5) is 3.55. The van der Waals surface area contributed by atoms with E-state index in [1.54, 1.807) is 6.07 Å². The smallest absolute Gasteiger partial charge is 0.170 e. The number of hydrogen-bond donors (Lipinski definition) is 0. The van der Waals surface area contributed by atoms with Crippen molar-refractivity contribution in [3.63, 3.8) is 0 Å². The van der Waals surface area contributed by atoms with E-state index >= 15 is 4.39 Å². The fraction of sp³-hybridized carbons (Fsp3) is 0.419. The maximum Gasteiger partial charge on any atom is 0.170 e. The molecule has 0 radical (unpaired) electrons. The summed E-state index contributed by atoms with van der Waals surface area (Å²) in [5, 5.41) is 0. The molecule has 4 saturated carbocycles. The first-order chi connectivity index (χ1) is 16.5. The number of ether oxygens (including phenoxy) is 1. The SMILES string of the molecule is CC(C)(Oc1cc([S+](c2ccccc2)c2ccccc2)ccc1F)C1C2CC3CC(C2)CC1C3. The van der Waals surface area contributed by atoms with E-state index in [2.05, 4.69) is 62.4 Å². The first-order valence-electron chi connectivity index (χ1n) is 12.8. The van der Waals surface area contributed by atoms with Crippen molar-refractivity contribution in [1.82, 2.24) is 0 Å². The minimum atomic E-state index is -0.375. The second-order valence-corrected chi connectivity index (χ2v) is 13.2. The Bertz CT molecular complexity index is 1080. The molecule has 4 bridgehead atoms. The lowest BCUT2D eigenvalue weighted by atomic mass is 9.49. The molecule has 0 saturated heterocycles. The third-order valence-electron chi connectivity index (χ3n) is 8.50. The predicted molar refractivity (Wildman–Crippen MR) is 137 cm³/mol. The molecule has 4 aliphatic rings. The summed E-state index contributed by atoms with van der Waals surface area (Å²) in [6.07, 6.45) is 6.83. The van der Waals surface area contributed by atoms with E-state index in [-0.39, 0.29) is 22.3 Å². The van der Waals surface area contributed by atoms with E-state index in [4.69, 9.17) is 4.74 Å². The van der Waals surface area contributed by atoms with E-state index in [1.807, 2.05) is 24.3 Å². The lowest BCUT2D eigenvalue weighted by molar-refractivity contribution is -0.116. The second-order valence-electron chi connectivity index (χ2n) is 11.2. The Hall–Kier alpha value is -2.26. The van der Waals surface area contributed by atoms with Crippen molar-refractivity contribution < 1.29 is 9.13 Å². The molecular formula is C31H34FOS+. The Kier molecular flexibility index (Phi) is 5.72. The largest absolute Gasteiger partial charge is 0.484 e. The lowest BCUT2D eigenvalue weighted by Gasteiger charge is -2.58. The summed E-state index contributed by atoms with van der Waals surface area (Å²) >= 11 is 0. The highest BCUT2D eigenvalue weighted by atomic mass is 32.2. The van der Waals surface area contributed by atoms with E-state index in [0.717, 1.165) is 28.6 Å². The van der Waals surface area contributed by atoms with Crippen molar-refractivity contribution in [2.24, 2.45) is 29.6 Å². The summed E-state index contributed by atoms with van der Waals surface area (Å²) < 4.78 is 21.8. The van der Waals surface area contributed by atoms with Crippen molar-refractivity contribution in [3.8, 4) is 5.75 Å². The molecule has 0 aliphatic heterocycles. The third kappa shape index (κ3) is 4.06. The molecule has 4 fully saturated rings. The van der Waals surface area contributed by atoms with Crippen LogP contribution in [0, 0.1) is 35.4 Å². The van der Waals surface area contributed by atoms with Gasteiger partial charge in [-0.3, -0.25) is 0 Å². The van der Waals surface area contributed by atoms with Crippen LogP contribution in [0.2, 0.25) is 0 Å². The second kappa shape index (κ2) is 8.75. The van der Waals surface area contributed by atoms with Crippen LogP contribution in [0.3, 0.4) is 0 Å². The highest BCUT2D eigenvalue weighted by Crippen LogP contribution is 2.59. The molecule has 0 amide bonds. The van der Waals surface area contributed by atoms with Gasteiger partial charge in [-0.2, -0.15) is 0 Å². The molecule has 34 heavy (non-hydrogen) atoms. The van der Waals surface area contributed by atoms with Crippen LogP contribution in [0.15, 0.2) is 93.5 Å². The zero-order chi connectivity index (χ0) is 23.3. The summed E-state index contributed by atoms with van der Waals surface area (Å²) in [6.45, 7) is 4.42. The standard InChI is InChI=1S/C31H34FOS/c1-31(2,30-23-16-21-15-22(18-23)19-24(30)17-21)33-29-20-27(13-14-28(29)32)34(25-9-5-3-6-10-25)26-11-7-4-8-12-26/h3-14,20-24,30H,15-19H2,1-2H3/q+1. The quantitative estimate of drug-likeness (QED) is 0.328. The van der Waals surface area contributed by atoms with Gasteiger partial charge >= 0.3 is 0 Å². The monoisotopic (exact) mass is 473 g/mol. The van der Waals surface area contributed by atoms with Crippen LogP contribution in [-0.2, 0) is 10.9 Å². The Morgan fingerprint density at radius 1 is 0.706 bits per heavy atom. The van der Waals surface area contributed by atoms with E-state index in [1.165, 1.54) is 41.9 Å². The average Bonchev–Trinajstić information content (AvgIpc) is 2.82. The third-order valence-corrected chi connectivity index (χ3v) is 10.7. The minimum absolute atomic E-state index is 0.259. The summed E-state index contributed by atoms with van der Waals surface area (Å²) in [6, 6.07) is 26.6. The molecule has 0 heterocycles. The van der Waals surface area contributed by atoms with Gasteiger partial charge in [0.1, 0.15) is 5.60 Å². The van der Waals surface area contributed by atoms with Gasteiger partial charge in [-0.05, 0) is 106 Å². The topological polar surface area (TPSA) is 9.23 Å². The van der Waals surface area contributed by atoms with Crippen LogP contribution in [0.5, 0.6) is 5.75 Å². The maximum absolute atomic E-state index is 15.2. The molecule has 3 aromatic rings. The van der Waals surface area contributed by atoms with Gasteiger partial charge in [0.15, 0.2) is 26.3 Å². The van der Waals surface area contributed by atoms with Gasteiger partial charge in [-0.15, -0.1) is 0 Å². The highest BCUT2D eigenvalue weighted by molar-refractivity contribution is 7.97. The van der Waals surface area contributed by atoms with Gasteiger partial charge in [0.05, 0.1) is 10.9 Å². The average molecular weight is 474 g/mol. The highest BCUT2D eigenvalue weighted by Gasteiger charge is 2.54. The molecule has 4 aliphatic carbocycles. The molecule has 1 nitrogen and oxygen atoms in total. The van der Waals surface area contributed by atoms with E-state index in [0.29, 0.717) is 11.7 Å². The van der Waals surface area contributed by atoms with Crippen molar-refractivity contribution >= 4 is 10.9 Å². The molecular weight excluding hydrogens is 439 g/mol. The lowest BCUT2D eigenvalue weighted by Crippen LogP contribution is -2.54.